The SMILES string of the molecule is CCN1CCCN(CCCNC)CC1. The summed E-state index contributed by atoms with van der Waals surface area (Å²) in [6.07, 6.45) is 2.62. The van der Waals surface area contributed by atoms with Gasteiger partial charge in [0.2, 0.25) is 0 Å². The normalized spacial score (nSPS) is 21.0. The Morgan fingerprint density at radius 1 is 1.07 bits per heavy atom. The van der Waals surface area contributed by atoms with Crippen molar-refractivity contribution in [3.05, 3.63) is 0 Å². The summed E-state index contributed by atoms with van der Waals surface area (Å²) < 4.78 is 0. The molecular weight excluding hydrogens is 174 g/mol. The van der Waals surface area contributed by atoms with E-state index < -0.39 is 0 Å². The zero-order valence-corrected chi connectivity index (χ0v) is 9.76. The molecule has 0 atom stereocenters. The Bertz CT molecular complexity index is 138. The molecule has 1 heterocycles. The molecule has 0 aromatic rings. The Kier molecular flexibility index (Phi) is 6.15. The van der Waals surface area contributed by atoms with Crippen LogP contribution in [0.2, 0.25) is 0 Å². The summed E-state index contributed by atoms with van der Waals surface area (Å²) in [6.45, 7) is 11.0. The number of likely N-dealkylation sites (N-methyl/N-ethyl adjacent to an activating group) is 1. The predicted molar refractivity (Wildman–Crippen MR) is 61.7 cm³/mol. The van der Waals surface area contributed by atoms with Gasteiger partial charge in [0.1, 0.15) is 0 Å². The Hall–Kier alpha value is -0.120. The minimum absolute atomic E-state index is 1.15. The highest BCUT2D eigenvalue weighted by molar-refractivity contribution is 4.68. The van der Waals surface area contributed by atoms with Crippen LogP contribution in [-0.4, -0.2) is 62.7 Å². The molecule has 0 aromatic carbocycles. The molecule has 0 amide bonds. The maximum absolute atomic E-state index is 3.21. The van der Waals surface area contributed by atoms with E-state index >= 15 is 0 Å². The van der Waals surface area contributed by atoms with Gasteiger partial charge in [-0.1, -0.05) is 6.92 Å². The first-order chi connectivity index (χ1) is 6.86. The van der Waals surface area contributed by atoms with E-state index in [0.29, 0.717) is 0 Å². The second kappa shape index (κ2) is 7.21. The number of nitrogens with zero attached hydrogens (tertiary/aromatic N) is 2. The molecule has 0 unspecified atom stereocenters. The number of rotatable bonds is 5. The number of hydrogen-bond acceptors (Lipinski definition) is 3. The van der Waals surface area contributed by atoms with Crippen LogP contribution < -0.4 is 5.32 Å². The largest absolute Gasteiger partial charge is 0.320 e. The van der Waals surface area contributed by atoms with E-state index in [2.05, 4.69) is 22.0 Å². The minimum Gasteiger partial charge on any atom is -0.320 e. The summed E-state index contributed by atoms with van der Waals surface area (Å²) in [4.78, 5) is 5.16. The van der Waals surface area contributed by atoms with E-state index in [1.54, 1.807) is 0 Å². The molecule has 14 heavy (non-hydrogen) atoms. The molecular formula is C11H25N3. The van der Waals surface area contributed by atoms with Crippen molar-refractivity contribution in [3.63, 3.8) is 0 Å². The van der Waals surface area contributed by atoms with E-state index in [0.717, 1.165) is 6.54 Å². The van der Waals surface area contributed by atoms with E-state index in [-0.39, 0.29) is 0 Å². The topological polar surface area (TPSA) is 18.5 Å². The molecule has 1 rings (SSSR count). The fourth-order valence-electron chi connectivity index (χ4n) is 2.04. The van der Waals surface area contributed by atoms with Gasteiger partial charge in [-0.15, -0.1) is 0 Å². The zero-order chi connectivity index (χ0) is 10.2. The van der Waals surface area contributed by atoms with E-state index in [9.17, 15) is 0 Å². The highest BCUT2D eigenvalue weighted by Gasteiger charge is 2.12. The summed E-state index contributed by atoms with van der Waals surface area (Å²) in [6, 6.07) is 0. The van der Waals surface area contributed by atoms with Crippen molar-refractivity contribution in [2.24, 2.45) is 0 Å². The molecule has 1 saturated heterocycles. The van der Waals surface area contributed by atoms with Crippen LogP contribution in [0.4, 0.5) is 0 Å². The van der Waals surface area contributed by atoms with Gasteiger partial charge in [0, 0.05) is 13.1 Å². The Morgan fingerprint density at radius 3 is 2.50 bits per heavy atom. The van der Waals surface area contributed by atoms with Crippen LogP contribution in [0.1, 0.15) is 19.8 Å². The van der Waals surface area contributed by atoms with Crippen LogP contribution in [0.5, 0.6) is 0 Å². The fourth-order valence-corrected chi connectivity index (χ4v) is 2.04. The number of hydrogen-bond donors (Lipinski definition) is 1. The van der Waals surface area contributed by atoms with Gasteiger partial charge < -0.3 is 15.1 Å². The van der Waals surface area contributed by atoms with Crippen molar-refractivity contribution in [3.8, 4) is 0 Å². The first-order valence-electron chi connectivity index (χ1n) is 5.96. The Balaban J connectivity index is 2.14. The number of nitrogens with one attached hydrogen (secondary N) is 1. The first-order valence-corrected chi connectivity index (χ1v) is 5.96. The summed E-state index contributed by atoms with van der Waals surface area (Å²) in [5.41, 5.74) is 0. The van der Waals surface area contributed by atoms with Crippen molar-refractivity contribution < 1.29 is 0 Å². The van der Waals surface area contributed by atoms with Crippen LogP contribution in [0.15, 0.2) is 0 Å². The van der Waals surface area contributed by atoms with Gasteiger partial charge in [0.15, 0.2) is 0 Å². The molecule has 0 spiro atoms. The molecule has 1 aliphatic rings. The van der Waals surface area contributed by atoms with Crippen molar-refractivity contribution in [1.82, 2.24) is 15.1 Å². The molecule has 3 nitrogen and oxygen atoms in total. The molecule has 0 aliphatic carbocycles. The summed E-state index contributed by atoms with van der Waals surface area (Å²) >= 11 is 0. The minimum atomic E-state index is 1.15. The molecule has 1 fully saturated rings. The van der Waals surface area contributed by atoms with E-state index in [1.165, 1.54) is 52.1 Å². The molecule has 84 valence electrons. The Labute approximate surface area is 88.5 Å². The highest BCUT2D eigenvalue weighted by atomic mass is 15.2. The van der Waals surface area contributed by atoms with Crippen molar-refractivity contribution in [2.75, 3.05) is 52.9 Å². The van der Waals surface area contributed by atoms with Gasteiger partial charge in [0.05, 0.1) is 0 Å². The van der Waals surface area contributed by atoms with Crippen LogP contribution >= 0.6 is 0 Å². The third kappa shape index (κ3) is 4.40. The standard InChI is InChI=1S/C11H25N3/c1-3-13-8-5-9-14(11-10-13)7-4-6-12-2/h12H,3-11H2,1-2H3. The van der Waals surface area contributed by atoms with Gasteiger partial charge in [-0.3, -0.25) is 0 Å². The predicted octanol–water partition coefficient (Wildman–Crippen LogP) is 0.624. The van der Waals surface area contributed by atoms with Gasteiger partial charge in [-0.25, -0.2) is 0 Å². The van der Waals surface area contributed by atoms with Crippen LogP contribution in [0.3, 0.4) is 0 Å². The van der Waals surface area contributed by atoms with Gasteiger partial charge in [0.25, 0.3) is 0 Å². The third-order valence-electron chi connectivity index (χ3n) is 3.03. The molecule has 1 aliphatic heterocycles. The van der Waals surface area contributed by atoms with Gasteiger partial charge in [-0.05, 0) is 52.6 Å². The molecule has 0 radical (unpaired) electrons. The smallest absolute Gasteiger partial charge is 0.0109 e. The average Bonchev–Trinajstić information content (AvgIpc) is 2.43. The molecule has 0 saturated carbocycles. The summed E-state index contributed by atoms with van der Waals surface area (Å²) in [7, 11) is 2.03. The lowest BCUT2D eigenvalue weighted by Crippen LogP contribution is -2.32. The van der Waals surface area contributed by atoms with E-state index in [1.807, 2.05) is 7.05 Å². The van der Waals surface area contributed by atoms with Crippen LogP contribution in [-0.2, 0) is 0 Å². The van der Waals surface area contributed by atoms with E-state index in [4.69, 9.17) is 0 Å². The second-order valence-electron chi connectivity index (χ2n) is 4.09. The van der Waals surface area contributed by atoms with Gasteiger partial charge in [-0.2, -0.15) is 0 Å². The second-order valence-corrected chi connectivity index (χ2v) is 4.09. The summed E-state index contributed by atoms with van der Waals surface area (Å²) in [5, 5.41) is 3.21. The molecule has 1 N–H and O–H groups in total. The maximum atomic E-state index is 3.21. The molecule has 3 heteroatoms. The van der Waals surface area contributed by atoms with Crippen molar-refractivity contribution in [1.29, 1.82) is 0 Å². The Morgan fingerprint density at radius 2 is 1.79 bits per heavy atom. The zero-order valence-electron chi connectivity index (χ0n) is 9.76. The highest BCUT2D eigenvalue weighted by Crippen LogP contribution is 2.02. The van der Waals surface area contributed by atoms with Gasteiger partial charge >= 0.3 is 0 Å². The van der Waals surface area contributed by atoms with Crippen LogP contribution in [0, 0.1) is 0 Å². The first kappa shape index (κ1) is 12.0. The molecule has 0 bridgehead atoms. The molecule has 0 aromatic heterocycles. The monoisotopic (exact) mass is 199 g/mol. The lowest BCUT2D eigenvalue weighted by molar-refractivity contribution is 0.261. The quantitative estimate of drug-likeness (QED) is 0.655. The third-order valence-corrected chi connectivity index (χ3v) is 3.03. The fraction of sp³-hybridized carbons (Fsp3) is 1.00. The van der Waals surface area contributed by atoms with Crippen molar-refractivity contribution in [2.45, 2.75) is 19.8 Å². The summed E-state index contributed by atoms with van der Waals surface area (Å²) in [5.74, 6) is 0. The average molecular weight is 199 g/mol. The lowest BCUT2D eigenvalue weighted by atomic mass is 10.3. The maximum Gasteiger partial charge on any atom is 0.0109 e. The lowest BCUT2D eigenvalue weighted by Gasteiger charge is -2.20. The van der Waals surface area contributed by atoms with Crippen LogP contribution in [0.25, 0.3) is 0 Å². The van der Waals surface area contributed by atoms with Crippen molar-refractivity contribution >= 4 is 0 Å².